The van der Waals surface area contributed by atoms with Crippen LogP contribution in [0.15, 0.2) is 60.8 Å². The number of benzene rings is 2. The fourth-order valence-electron chi connectivity index (χ4n) is 5.17. The average Bonchev–Trinajstić information content (AvgIpc) is 3.37. The number of carbonyl (C=O) groups is 2. The second-order valence-corrected chi connectivity index (χ2v) is 10.0. The second-order valence-electron chi connectivity index (χ2n) is 10.0. The van der Waals surface area contributed by atoms with Crippen molar-refractivity contribution in [2.45, 2.75) is 52.0 Å². The molecule has 5 rings (SSSR count). The summed E-state index contributed by atoms with van der Waals surface area (Å²) in [5, 5.41) is 23.4. The maximum Gasteiger partial charge on any atom is 0.255 e. The first-order valence-corrected chi connectivity index (χ1v) is 13.8. The van der Waals surface area contributed by atoms with Crippen molar-refractivity contribution in [2.24, 2.45) is 0 Å². The molecule has 0 saturated carbocycles. The van der Waals surface area contributed by atoms with E-state index in [2.05, 4.69) is 32.9 Å². The van der Waals surface area contributed by atoms with Gasteiger partial charge in [-0.25, -0.2) is 4.98 Å². The van der Waals surface area contributed by atoms with Gasteiger partial charge in [-0.2, -0.15) is 9.61 Å². The Kier molecular flexibility index (Phi) is 8.26. The van der Waals surface area contributed by atoms with E-state index in [1.165, 1.54) is 6.92 Å². The Morgan fingerprint density at radius 3 is 2.58 bits per heavy atom. The maximum absolute atomic E-state index is 12.9. The SMILES string of the molecule is CCc1cnn2c(Nc3cccc(NC(=O)c4ccc(NC(C)=O)cc4)c3)cc(N3CCCCC3CCO)nc12. The average molecular weight is 542 g/mol. The van der Waals surface area contributed by atoms with Gasteiger partial charge in [0.15, 0.2) is 5.65 Å². The lowest BCUT2D eigenvalue weighted by molar-refractivity contribution is -0.114. The predicted molar refractivity (Wildman–Crippen MR) is 157 cm³/mol. The molecule has 1 unspecified atom stereocenters. The van der Waals surface area contributed by atoms with Gasteiger partial charge in [0, 0.05) is 60.4 Å². The van der Waals surface area contributed by atoms with Crippen molar-refractivity contribution >= 4 is 46.2 Å². The molecule has 4 aromatic rings. The summed E-state index contributed by atoms with van der Waals surface area (Å²) in [7, 11) is 0. The van der Waals surface area contributed by atoms with E-state index in [1.807, 2.05) is 41.0 Å². The van der Waals surface area contributed by atoms with Gasteiger partial charge >= 0.3 is 0 Å². The Hall–Kier alpha value is -4.44. The Labute approximate surface area is 233 Å². The minimum atomic E-state index is -0.250. The first-order valence-electron chi connectivity index (χ1n) is 13.8. The summed E-state index contributed by atoms with van der Waals surface area (Å²) in [6.07, 6.45) is 6.66. The van der Waals surface area contributed by atoms with Crippen LogP contribution >= 0.6 is 0 Å². The minimum Gasteiger partial charge on any atom is -0.396 e. The molecule has 3 heterocycles. The molecule has 4 N–H and O–H groups in total. The largest absolute Gasteiger partial charge is 0.396 e. The van der Waals surface area contributed by atoms with Crippen molar-refractivity contribution in [1.29, 1.82) is 0 Å². The van der Waals surface area contributed by atoms with Crippen molar-refractivity contribution in [3.63, 3.8) is 0 Å². The standard InChI is InChI=1S/C30H35N7O3/c1-3-21-19-31-37-28(18-27(35-29(21)37)36-15-5-4-9-26(36)14-16-38)33-24-7-6-8-25(17-24)34-30(40)22-10-12-23(13-11-22)32-20(2)39/h6-8,10-13,17-19,26,33,38H,3-5,9,14-16H2,1-2H3,(H,32,39)(H,34,40). The molecule has 0 bridgehead atoms. The fraction of sp³-hybridized carbons (Fsp3) is 0.333. The Balaban J connectivity index is 1.39. The van der Waals surface area contributed by atoms with E-state index in [0.29, 0.717) is 23.4 Å². The highest BCUT2D eigenvalue weighted by Crippen LogP contribution is 2.30. The van der Waals surface area contributed by atoms with Crippen LogP contribution in [-0.2, 0) is 11.2 Å². The first-order chi connectivity index (χ1) is 19.4. The van der Waals surface area contributed by atoms with Crippen LogP contribution in [0.3, 0.4) is 0 Å². The third-order valence-corrected chi connectivity index (χ3v) is 7.16. The molecule has 208 valence electrons. The lowest BCUT2D eigenvalue weighted by Crippen LogP contribution is -2.40. The number of anilines is 5. The highest BCUT2D eigenvalue weighted by atomic mass is 16.3. The number of amides is 2. The van der Waals surface area contributed by atoms with Gasteiger partial charge in [0.05, 0.1) is 6.20 Å². The van der Waals surface area contributed by atoms with Crippen LogP contribution in [0.25, 0.3) is 5.65 Å². The van der Waals surface area contributed by atoms with Gasteiger partial charge in [-0.3, -0.25) is 9.59 Å². The van der Waals surface area contributed by atoms with E-state index < -0.39 is 0 Å². The van der Waals surface area contributed by atoms with Gasteiger partial charge in [0.25, 0.3) is 5.91 Å². The van der Waals surface area contributed by atoms with Crippen LogP contribution in [0.2, 0.25) is 0 Å². The van der Waals surface area contributed by atoms with E-state index in [1.54, 1.807) is 24.3 Å². The summed E-state index contributed by atoms with van der Waals surface area (Å²) in [6.45, 7) is 4.58. The summed E-state index contributed by atoms with van der Waals surface area (Å²) < 4.78 is 1.81. The van der Waals surface area contributed by atoms with Crippen molar-refractivity contribution < 1.29 is 14.7 Å². The summed E-state index contributed by atoms with van der Waals surface area (Å²) in [6, 6.07) is 16.5. The number of hydrogen-bond acceptors (Lipinski definition) is 7. The van der Waals surface area contributed by atoms with E-state index in [-0.39, 0.29) is 24.5 Å². The van der Waals surface area contributed by atoms with Crippen molar-refractivity contribution in [1.82, 2.24) is 14.6 Å². The molecular formula is C30H35N7O3. The molecule has 1 atom stereocenters. The lowest BCUT2D eigenvalue weighted by atomic mass is 9.99. The summed E-state index contributed by atoms with van der Waals surface area (Å²) in [5.41, 5.74) is 4.41. The van der Waals surface area contributed by atoms with Crippen LogP contribution in [-0.4, -0.2) is 50.7 Å². The van der Waals surface area contributed by atoms with E-state index in [9.17, 15) is 14.7 Å². The van der Waals surface area contributed by atoms with Gasteiger partial charge < -0.3 is 26.0 Å². The van der Waals surface area contributed by atoms with Crippen LogP contribution in [0.4, 0.5) is 28.7 Å². The quantitative estimate of drug-likeness (QED) is 0.235. The zero-order chi connectivity index (χ0) is 28.1. The molecule has 2 amide bonds. The minimum absolute atomic E-state index is 0.152. The van der Waals surface area contributed by atoms with Crippen molar-refractivity contribution in [3.8, 4) is 0 Å². The van der Waals surface area contributed by atoms with E-state index >= 15 is 0 Å². The smallest absolute Gasteiger partial charge is 0.255 e. The van der Waals surface area contributed by atoms with E-state index in [4.69, 9.17) is 4.98 Å². The molecule has 1 aliphatic heterocycles. The monoisotopic (exact) mass is 541 g/mol. The third kappa shape index (κ3) is 6.07. The lowest BCUT2D eigenvalue weighted by Gasteiger charge is -2.36. The molecule has 10 heteroatoms. The highest BCUT2D eigenvalue weighted by Gasteiger charge is 2.25. The number of carbonyl (C=O) groups excluding carboxylic acids is 2. The normalized spacial score (nSPS) is 15.2. The predicted octanol–water partition coefficient (Wildman–Crippen LogP) is 4.99. The number of fused-ring (bicyclic) bond motifs is 1. The van der Waals surface area contributed by atoms with Gasteiger partial charge in [-0.05, 0) is 74.6 Å². The van der Waals surface area contributed by atoms with Gasteiger partial charge in [0.2, 0.25) is 5.91 Å². The van der Waals surface area contributed by atoms with Crippen LogP contribution in [0, 0.1) is 0 Å². The first kappa shape index (κ1) is 27.1. The van der Waals surface area contributed by atoms with Crippen LogP contribution in [0.5, 0.6) is 0 Å². The number of hydrogen-bond donors (Lipinski definition) is 4. The molecule has 1 fully saturated rings. The van der Waals surface area contributed by atoms with Gasteiger partial charge in [-0.1, -0.05) is 13.0 Å². The van der Waals surface area contributed by atoms with Crippen LogP contribution in [0.1, 0.15) is 55.5 Å². The van der Waals surface area contributed by atoms with Crippen LogP contribution < -0.4 is 20.9 Å². The number of nitrogens with zero attached hydrogens (tertiary/aromatic N) is 4. The molecule has 1 aliphatic rings. The number of aromatic nitrogens is 3. The van der Waals surface area contributed by atoms with Crippen molar-refractivity contribution in [3.05, 3.63) is 71.9 Å². The van der Waals surface area contributed by atoms with Gasteiger partial charge in [0.1, 0.15) is 11.6 Å². The molecule has 2 aromatic carbocycles. The molecular weight excluding hydrogens is 506 g/mol. The Morgan fingerprint density at radius 1 is 1.02 bits per heavy atom. The number of aliphatic hydroxyl groups is 1. The number of rotatable bonds is 9. The number of aliphatic hydroxyl groups excluding tert-OH is 1. The Morgan fingerprint density at radius 2 is 1.82 bits per heavy atom. The summed E-state index contributed by atoms with van der Waals surface area (Å²) in [5.74, 6) is 1.22. The molecule has 0 aliphatic carbocycles. The summed E-state index contributed by atoms with van der Waals surface area (Å²) in [4.78, 5) is 31.4. The third-order valence-electron chi connectivity index (χ3n) is 7.16. The zero-order valence-electron chi connectivity index (χ0n) is 22.9. The summed E-state index contributed by atoms with van der Waals surface area (Å²) >= 11 is 0. The number of aryl methyl sites for hydroxylation is 1. The maximum atomic E-state index is 12.9. The molecule has 0 spiro atoms. The highest BCUT2D eigenvalue weighted by molar-refractivity contribution is 6.04. The molecule has 10 nitrogen and oxygen atoms in total. The zero-order valence-corrected chi connectivity index (χ0v) is 22.9. The number of nitrogens with one attached hydrogen (secondary N) is 3. The molecule has 2 aromatic heterocycles. The molecule has 0 radical (unpaired) electrons. The molecule has 1 saturated heterocycles. The number of piperidine rings is 1. The van der Waals surface area contributed by atoms with Gasteiger partial charge in [-0.15, -0.1) is 0 Å². The van der Waals surface area contributed by atoms with E-state index in [0.717, 1.165) is 60.8 Å². The Bertz CT molecular complexity index is 1500. The van der Waals surface area contributed by atoms with Crippen molar-refractivity contribution in [2.75, 3.05) is 34.0 Å². The fourth-order valence-corrected chi connectivity index (χ4v) is 5.17. The molecule has 40 heavy (non-hydrogen) atoms. The second kappa shape index (κ2) is 12.2. The topological polar surface area (TPSA) is 124 Å².